The van der Waals surface area contributed by atoms with Gasteiger partial charge in [-0.3, -0.25) is 9.59 Å². The number of aliphatic hydroxyl groups excluding tert-OH is 1. The summed E-state index contributed by atoms with van der Waals surface area (Å²) >= 11 is 0. The Morgan fingerprint density at radius 1 is 1.03 bits per heavy atom. The lowest BCUT2D eigenvalue weighted by atomic mass is 9.95. The molecule has 186 valence electrons. The van der Waals surface area contributed by atoms with Crippen LogP contribution in [-0.4, -0.2) is 92.8 Å². The van der Waals surface area contributed by atoms with E-state index in [9.17, 15) is 23.1 Å². The van der Waals surface area contributed by atoms with Crippen molar-refractivity contribution in [1.29, 1.82) is 0 Å². The van der Waals surface area contributed by atoms with Crippen molar-refractivity contribution in [3.05, 3.63) is 71.3 Å². The molecular weight excluding hydrogens is 470 g/mol. The molecule has 0 bridgehead atoms. The first-order valence-corrected chi connectivity index (χ1v) is 12.8. The van der Waals surface area contributed by atoms with Crippen LogP contribution in [-0.2, 0) is 24.3 Å². The third-order valence-corrected chi connectivity index (χ3v) is 8.09. The predicted octanol–water partition coefficient (Wildman–Crippen LogP) is 1.69. The molecule has 1 unspecified atom stereocenters. The summed E-state index contributed by atoms with van der Waals surface area (Å²) in [5, 5.41) is 11.2. The van der Waals surface area contributed by atoms with Crippen LogP contribution >= 0.6 is 0 Å². The zero-order valence-electron chi connectivity index (χ0n) is 19.8. The Kier molecular flexibility index (Phi) is 7.36. The second-order valence-electron chi connectivity index (χ2n) is 8.75. The van der Waals surface area contributed by atoms with Gasteiger partial charge >= 0.3 is 0 Å². The quantitative estimate of drug-likeness (QED) is 0.351. The monoisotopic (exact) mass is 499 g/mol. The van der Waals surface area contributed by atoms with Gasteiger partial charge in [-0.1, -0.05) is 30.3 Å². The molecule has 4 rings (SSSR count). The van der Waals surface area contributed by atoms with Crippen LogP contribution in [0.5, 0.6) is 0 Å². The van der Waals surface area contributed by atoms with E-state index in [1.54, 1.807) is 0 Å². The first-order chi connectivity index (χ1) is 16.7. The van der Waals surface area contributed by atoms with Gasteiger partial charge in [0.05, 0.1) is 29.7 Å². The summed E-state index contributed by atoms with van der Waals surface area (Å²) in [7, 11) is 0.0519. The molecule has 35 heavy (non-hydrogen) atoms. The van der Waals surface area contributed by atoms with Gasteiger partial charge in [0.2, 0.25) is 10.0 Å². The molecule has 2 fully saturated rings. The number of Topliss-reactive ketones (excluding diaryl/α,β-unsaturated/α-hetero) is 1. The van der Waals surface area contributed by atoms with Crippen LogP contribution in [0.1, 0.15) is 17.2 Å². The van der Waals surface area contributed by atoms with Crippen molar-refractivity contribution in [2.24, 2.45) is 0 Å². The number of rotatable bonds is 7. The average molecular weight is 500 g/mol. The van der Waals surface area contributed by atoms with Gasteiger partial charge in [-0.2, -0.15) is 4.31 Å². The summed E-state index contributed by atoms with van der Waals surface area (Å²) < 4.78 is 32.4. The highest BCUT2D eigenvalue weighted by atomic mass is 32.2. The third-order valence-electron chi connectivity index (χ3n) is 6.18. The maximum absolute atomic E-state index is 13.1. The number of ketones is 1. The summed E-state index contributed by atoms with van der Waals surface area (Å²) in [6.45, 7) is 2.08. The van der Waals surface area contributed by atoms with Gasteiger partial charge in [0.15, 0.2) is 0 Å². The summed E-state index contributed by atoms with van der Waals surface area (Å²) in [5.41, 5.74) is 0.958. The number of carbonyl (C=O) groups excluding carboxylic acids is 2. The standard InChI is InChI=1S/C25H29N3O6S/c1-26(2)12-13-28-22(18-6-4-3-5-7-18)21(24(30)25(28)31)23(29)19-8-10-20(11-9-19)35(32,33)27-14-16-34-17-15-27/h3-11,22,29H,12-17H2,1-2H3. The molecule has 0 radical (unpaired) electrons. The minimum Gasteiger partial charge on any atom is -0.507 e. The lowest BCUT2D eigenvalue weighted by Crippen LogP contribution is -2.40. The molecular formula is C25H29N3O6S. The first kappa shape index (κ1) is 25.1. The fraction of sp³-hybridized carbons (Fsp3) is 0.360. The molecule has 1 amide bonds. The van der Waals surface area contributed by atoms with Crippen LogP contribution in [0, 0.1) is 0 Å². The predicted molar refractivity (Wildman–Crippen MR) is 130 cm³/mol. The lowest BCUT2D eigenvalue weighted by Gasteiger charge is -2.26. The van der Waals surface area contributed by atoms with Crippen LogP contribution in [0.3, 0.4) is 0 Å². The largest absolute Gasteiger partial charge is 0.507 e. The van der Waals surface area contributed by atoms with Crippen molar-refractivity contribution in [3.63, 3.8) is 0 Å². The van der Waals surface area contributed by atoms with E-state index in [2.05, 4.69) is 0 Å². The molecule has 1 atom stereocenters. The molecule has 1 N–H and O–H groups in total. The number of benzene rings is 2. The number of likely N-dealkylation sites (N-methyl/N-ethyl adjacent to an activating group) is 1. The van der Waals surface area contributed by atoms with E-state index in [0.29, 0.717) is 31.9 Å². The average Bonchev–Trinajstić information content (AvgIpc) is 3.13. The fourth-order valence-electron chi connectivity index (χ4n) is 4.28. The number of carbonyl (C=O) groups is 2. The molecule has 2 aromatic carbocycles. The van der Waals surface area contributed by atoms with E-state index in [-0.39, 0.29) is 34.9 Å². The van der Waals surface area contributed by atoms with Crippen molar-refractivity contribution in [2.45, 2.75) is 10.9 Å². The highest BCUT2D eigenvalue weighted by Crippen LogP contribution is 2.39. The van der Waals surface area contributed by atoms with Gasteiger partial charge in [0, 0.05) is 31.7 Å². The molecule has 0 spiro atoms. The zero-order valence-corrected chi connectivity index (χ0v) is 20.6. The highest BCUT2D eigenvalue weighted by Gasteiger charge is 2.45. The van der Waals surface area contributed by atoms with Crippen molar-refractivity contribution in [1.82, 2.24) is 14.1 Å². The summed E-state index contributed by atoms with van der Waals surface area (Å²) in [6, 6.07) is 14.1. The van der Waals surface area contributed by atoms with Gasteiger partial charge < -0.3 is 19.6 Å². The van der Waals surface area contributed by atoms with Gasteiger partial charge in [-0.05, 0) is 43.9 Å². The van der Waals surface area contributed by atoms with Crippen molar-refractivity contribution in [3.8, 4) is 0 Å². The molecule has 2 aromatic rings. The molecule has 2 heterocycles. The van der Waals surface area contributed by atoms with E-state index < -0.39 is 27.8 Å². The summed E-state index contributed by atoms with van der Waals surface area (Å²) in [6.07, 6.45) is 0. The number of aliphatic hydroxyl groups is 1. The van der Waals surface area contributed by atoms with Crippen LogP contribution in [0.4, 0.5) is 0 Å². The highest BCUT2D eigenvalue weighted by molar-refractivity contribution is 7.89. The third kappa shape index (κ3) is 5.01. The van der Waals surface area contributed by atoms with Crippen LogP contribution in [0.25, 0.3) is 5.76 Å². The Bertz CT molecular complexity index is 1220. The van der Waals surface area contributed by atoms with E-state index in [4.69, 9.17) is 4.74 Å². The number of nitrogens with zero attached hydrogens (tertiary/aromatic N) is 3. The molecule has 0 saturated carbocycles. The zero-order chi connectivity index (χ0) is 25.2. The number of hydrogen-bond acceptors (Lipinski definition) is 7. The number of ether oxygens (including phenoxy) is 1. The minimum atomic E-state index is -3.70. The molecule has 0 aliphatic carbocycles. The Hall–Kier alpha value is -3.05. The topological polar surface area (TPSA) is 107 Å². The van der Waals surface area contributed by atoms with E-state index in [1.165, 1.54) is 33.5 Å². The number of amides is 1. The minimum absolute atomic E-state index is 0.0104. The number of sulfonamides is 1. The molecule has 2 saturated heterocycles. The van der Waals surface area contributed by atoms with Crippen LogP contribution in [0.2, 0.25) is 0 Å². The fourth-order valence-corrected chi connectivity index (χ4v) is 5.68. The summed E-state index contributed by atoms with van der Waals surface area (Å²) in [5.74, 6) is -1.77. The maximum Gasteiger partial charge on any atom is 0.295 e. The van der Waals surface area contributed by atoms with E-state index in [1.807, 2.05) is 49.3 Å². The normalized spacial score (nSPS) is 21.1. The molecule has 9 nitrogen and oxygen atoms in total. The molecule has 2 aliphatic rings. The lowest BCUT2D eigenvalue weighted by molar-refractivity contribution is -0.140. The Morgan fingerprint density at radius 3 is 2.26 bits per heavy atom. The second-order valence-corrected chi connectivity index (χ2v) is 10.7. The maximum atomic E-state index is 13.1. The van der Waals surface area contributed by atoms with Crippen molar-refractivity contribution in [2.75, 3.05) is 53.5 Å². The number of morpholine rings is 1. The SMILES string of the molecule is CN(C)CCN1C(=O)C(=O)C(=C(O)c2ccc(S(=O)(=O)N3CCOCC3)cc2)C1c1ccccc1. The molecule has 10 heteroatoms. The number of likely N-dealkylation sites (tertiary alicyclic amines) is 1. The number of hydrogen-bond donors (Lipinski definition) is 1. The van der Waals surface area contributed by atoms with Crippen molar-refractivity contribution >= 4 is 27.5 Å². The Labute approximate surface area is 205 Å². The second kappa shape index (κ2) is 10.3. The smallest absolute Gasteiger partial charge is 0.295 e. The first-order valence-electron chi connectivity index (χ1n) is 11.4. The van der Waals surface area contributed by atoms with Crippen LogP contribution in [0.15, 0.2) is 65.1 Å². The van der Waals surface area contributed by atoms with Gasteiger partial charge in [0.1, 0.15) is 5.76 Å². The summed E-state index contributed by atoms with van der Waals surface area (Å²) in [4.78, 5) is 29.5. The Balaban J connectivity index is 1.71. The van der Waals surface area contributed by atoms with Crippen LogP contribution < -0.4 is 0 Å². The van der Waals surface area contributed by atoms with Crippen molar-refractivity contribution < 1.29 is 27.9 Å². The van der Waals surface area contributed by atoms with E-state index >= 15 is 0 Å². The molecule has 0 aromatic heterocycles. The van der Waals surface area contributed by atoms with E-state index in [0.717, 1.165) is 0 Å². The molecule has 2 aliphatic heterocycles. The van der Waals surface area contributed by atoms with Gasteiger partial charge in [0.25, 0.3) is 11.7 Å². The van der Waals surface area contributed by atoms with Gasteiger partial charge in [-0.15, -0.1) is 0 Å². The van der Waals surface area contributed by atoms with Gasteiger partial charge in [-0.25, -0.2) is 8.42 Å². The Morgan fingerprint density at radius 2 is 1.66 bits per heavy atom.